The lowest BCUT2D eigenvalue weighted by atomic mass is 9.90. The Morgan fingerprint density at radius 2 is 1.94 bits per heavy atom. The molecule has 0 spiro atoms. The molecule has 33 heavy (non-hydrogen) atoms. The van der Waals surface area contributed by atoms with Crippen LogP contribution in [0.3, 0.4) is 0 Å². The average molecular weight is 465 g/mol. The molecule has 2 aliphatic rings. The van der Waals surface area contributed by atoms with E-state index in [0.29, 0.717) is 35.5 Å². The molecule has 2 aliphatic heterocycles. The summed E-state index contributed by atoms with van der Waals surface area (Å²) in [6.07, 6.45) is 3.87. The molecular weight excluding hydrogens is 440 g/mol. The van der Waals surface area contributed by atoms with E-state index in [4.69, 9.17) is 26.1 Å². The van der Waals surface area contributed by atoms with Gasteiger partial charge in [0.1, 0.15) is 0 Å². The molecule has 170 valence electrons. The topological polar surface area (TPSA) is 80.1 Å². The summed E-state index contributed by atoms with van der Waals surface area (Å²) in [7, 11) is 3.25. The normalized spacial score (nSPS) is 17.3. The van der Waals surface area contributed by atoms with Gasteiger partial charge < -0.3 is 29.0 Å². The van der Waals surface area contributed by atoms with Crippen molar-refractivity contribution < 1.29 is 18.7 Å². The van der Waals surface area contributed by atoms with E-state index < -0.39 is 0 Å². The number of carbonyl (C=O) groups excluding carboxylic acids is 1. The quantitative estimate of drug-likeness (QED) is 0.588. The number of methoxy groups -OCH3 is 2. The largest absolute Gasteiger partial charge is 0.493 e. The molecule has 3 heterocycles. The van der Waals surface area contributed by atoms with Gasteiger partial charge in [-0.3, -0.25) is 4.79 Å². The molecule has 3 aromatic rings. The second-order valence-electron chi connectivity index (χ2n) is 8.01. The highest BCUT2D eigenvalue weighted by atomic mass is 32.1. The summed E-state index contributed by atoms with van der Waals surface area (Å²) in [4.78, 5) is 20.8. The number of hydrogen-bond acceptors (Lipinski definition) is 6. The number of rotatable bonds is 4. The van der Waals surface area contributed by atoms with Gasteiger partial charge in [-0.15, -0.1) is 0 Å². The Morgan fingerprint density at radius 1 is 1.18 bits per heavy atom. The molecule has 1 saturated heterocycles. The minimum atomic E-state index is -0.0941. The molecule has 0 aliphatic carbocycles. The molecule has 0 saturated carbocycles. The second-order valence-corrected chi connectivity index (χ2v) is 8.40. The van der Waals surface area contributed by atoms with Crippen LogP contribution in [0.2, 0.25) is 0 Å². The van der Waals surface area contributed by atoms with Crippen molar-refractivity contribution in [1.29, 1.82) is 0 Å². The summed E-state index contributed by atoms with van der Waals surface area (Å²) in [5.41, 5.74) is 4.02. The van der Waals surface area contributed by atoms with Gasteiger partial charge in [-0.2, -0.15) is 0 Å². The highest BCUT2D eigenvalue weighted by molar-refractivity contribution is 7.80. The molecule has 5 rings (SSSR count). The number of oxazole rings is 1. The Morgan fingerprint density at radius 3 is 2.64 bits per heavy atom. The molecule has 1 aromatic heterocycles. The standard InChI is InChI=1S/C24H24N4O4S/c1-30-20-9-16-7-8-28-19(18(16)10-21(20)31-2)12-27(13-23(28)29)24(33)26-17-5-3-15(4-6-17)22-11-25-14-32-22/h3-6,9-11,14,19H,7-8,12-13H2,1-2H3,(H,26,33)/t19-/m1/s1. The van der Waals surface area contributed by atoms with Crippen molar-refractivity contribution in [2.45, 2.75) is 12.5 Å². The maximum Gasteiger partial charge on any atom is 0.242 e. The Hall–Kier alpha value is -3.59. The van der Waals surface area contributed by atoms with Gasteiger partial charge in [0.25, 0.3) is 0 Å². The van der Waals surface area contributed by atoms with Crippen molar-refractivity contribution in [3.8, 4) is 22.8 Å². The number of fused-ring (bicyclic) bond motifs is 3. The number of anilines is 1. The number of thiocarbonyl (C=S) groups is 1. The smallest absolute Gasteiger partial charge is 0.242 e. The van der Waals surface area contributed by atoms with E-state index >= 15 is 0 Å². The maximum atomic E-state index is 13.0. The van der Waals surface area contributed by atoms with E-state index in [-0.39, 0.29) is 18.5 Å². The minimum Gasteiger partial charge on any atom is -0.493 e. The zero-order valence-electron chi connectivity index (χ0n) is 18.4. The lowest BCUT2D eigenvalue weighted by Gasteiger charge is -2.45. The van der Waals surface area contributed by atoms with Crippen molar-refractivity contribution in [3.63, 3.8) is 0 Å². The van der Waals surface area contributed by atoms with Gasteiger partial charge in [-0.25, -0.2) is 4.98 Å². The number of carbonyl (C=O) groups is 1. The van der Waals surface area contributed by atoms with Crippen LogP contribution in [-0.4, -0.2) is 59.7 Å². The van der Waals surface area contributed by atoms with Gasteiger partial charge >= 0.3 is 0 Å². The van der Waals surface area contributed by atoms with Crippen molar-refractivity contribution in [2.24, 2.45) is 0 Å². The highest BCUT2D eigenvalue weighted by Crippen LogP contribution is 2.39. The summed E-state index contributed by atoms with van der Waals surface area (Å²) < 4.78 is 16.3. The molecule has 0 bridgehead atoms. The van der Waals surface area contributed by atoms with Crippen molar-refractivity contribution in [2.75, 3.05) is 39.2 Å². The van der Waals surface area contributed by atoms with Gasteiger partial charge in [-0.05, 0) is 66.2 Å². The molecule has 0 unspecified atom stereocenters. The fourth-order valence-electron chi connectivity index (χ4n) is 4.48. The SMILES string of the molecule is COc1cc2c(cc1OC)[C@H]1CN(C(=S)Nc3ccc(-c4cnco4)cc3)CC(=O)N1CC2. The first-order valence-electron chi connectivity index (χ1n) is 10.7. The lowest BCUT2D eigenvalue weighted by Crippen LogP contribution is -2.56. The monoisotopic (exact) mass is 464 g/mol. The van der Waals surface area contributed by atoms with Crippen molar-refractivity contribution in [1.82, 2.24) is 14.8 Å². The number of aromatic nitrogens is 1. The van der Waals surface area contributed by atoms with E-state index in [2.05, 4.69) is 10.3 Å². The number of amides is 1. The summed E-state index contributed by atoms with van der Waals surface area (Å²) in [5.74, 6) is 2.13. The summed E-state index contributed by atoms with van der Waals surface area (Å²) >= 11 is 5.67. The summed E-state index contributed by atoms with van der Waals surface area (Å²) in [6.45, 7) is 1.54. The number of piperazine rings is 1. The number of benzene rings is 2. The lowest BCUT2D eigenvalue weighted by molar-refractivity contribution is -0.138. The minimum absolute atomic E-state index is 0.0662. The third-order valence-corrected chi connectivity index (χ3v) is 6.54. The molecule has 9 heteroatoms. The van der Waals surface area contributed by atoms with Gasteiger partial charge in [0, 0.05) is 24.3 Å². The van der Waals surface area contributed by atoms with E-state index in [1.807, 2.05) is 46.2 Å². The maximum absolute atomic E-state index is 13.0. The first kappa shape index (κ1) is 21.3. The fraction of sp³-hybridized carbons (Fsp3) is 0.292. The van der Waals surface area contributed by atoms with E-state index in [0.717, 1.165) is 23.2 Å². The average Bonchev–Trinajstić information content (AvgIpc) is 3.38. The van der Waals surface area contributed by atoms with Crippen LogP contribution in [0.15, 0.2) is 53.4 Å². The number of nitrogens with one attached hydrogen (secondary N) is 1. The van der Waals surface area contributed by atoms with E-state index in [1.54, 1.807) is 20.4 Å². The van der Waals surface area contributed by atoms with Crippen molar-refractivity contribution >= 4 is 28.9 Å². The number of nitrogens with zero attached hydrogens (tertiary/aromatic N) is 3. The predicted octanol–water partition coefficient (Wildman–Crippen LogP) is 3.50. The first-order valence-corrected chi connectivity index (χ1v) is 11.1. The summed E-state index contributed by atoms with van der Waals surface area (Å²) in [6, 6.07) is 11.6. The van der Waals surface area contributed by atoms with Gasteiger partial charge in [0.15, 0.2) is 28.8 Å². The molecule has 1 N–H and O–H groups in total. The van der Waals surface area contributed by atoms with Crippen LogP contribution in [0.4, 0.5) is 5.69 Å². The molecular formula is C24H24N4O4S. The van der Waals surface area contributed by atoms with Crippen LogP contribution in [-0.2, 0) is 11.2 Å². The van der Waals surface area contributed by atoms with Crippen LogP contribution in [0.25, 0.3) is 11.3 Å². The Bertz CT molecular complexity index is 1180. The predicted molar refractivity (Wildman–Crippen MR) is 127 cm³/mol. The van der Waals surface area contributed by atoms with Gasteiger partial charge in [0.2, 0.25) is 5.91 Å². The molecule has 8 nitrogen and oxygen atoms in total. The Kier molecular flexibility index (Phi) is 5.63. The van der Waals surface area contributed by atoms with Crippen LogP contribution < -0.4 is 14.8 Å². The van der Waals surface area contributed by atoms with Gasteiger partial charge in [0.05, 0.1) is 33.0 Å². The Labute approximate surface area is 197 Å². The zero-order valence-corrected chi connectivity index (χ0v) is 19.2. The van der Waals surface area contributed by atoms with E-state index in [1.165, 1.54) is 12.0 Å². The first-order chi connectivity index (χ1) is 16.1. The van der Waals surface area contributed by atoms with E-state index in [9.17, 15) is 4.79 Å². The third kappa shape index (κ3) is 4.00. The molecule has 2 aromatic carbocycles. The van der Waals surface area contributed by atoms with Crippen LogP contribution in [0, 0.1) is 0 Å². The highest BCUT2D eigenvalue weighted by Gasteiger charge is 2.38. The third-order valence-electron chi connectivity index (χ3n) is 6.18. The van der Waals surface area contributed by atoms with Crippen molar-refractivity contribution in [3.05, 3.63) is 60.1 Å². The molecule has 1 fully saturated rings. The fourth-order valence-corrected chi connectivity index (χ4v) is 4.74. The number of ether oxygens (including phenoxy) is 2. The second kappa shape index (κ2) is 8.74. The van der Waals surface area contributed by atoms with Crippen LogP contribution in [0.5, 0.6) is 11.5 Å². The Balaban J connectivity index is 1.34. The van der Waals surface area contributed by atoms with Crippen LogP contribution >= 0.6 is 12.2 Å². The zero-order chi connectivity index (χ0) is 22.9. The van der Waals surface area contributed by atoms with Gasteiger partial charge in [-0.1, -0.05) is 0 Å². The number of hydrogen-bond donors (Lipinski definition) is 1. The summed E-state index contributed by atoms with van der Waals surface area (Å²) in [5, 5.41) is 3.78. The van der Waals surface area contributed by atoms with Crippen LogP contribution in [0.1, 0.15) is 17.2 Å². The molecule has 1 atom stereocenters. The molecule has 0 radical (unpaired) electrons. The molecule has 1 amide bonds.